The van der Waals surface area contributed by atoms with Gasteiger partial charge in [-0.2, -0.15) is 4.52 Å². The Hall–Kier alpha value is -4.00. The lowest BCUT2D eigenvalue weighted by Crippen LogP contribution is -2.06. The fourth-order valence-electron chi connectivity index (χ4n) is 3.55. The van der Waals surface area contributed by atoms with Crippen LogP contribution in [-0.4, -0.2) is 26.9 Å². The number of hydrogen-bond donors (Lipinski definition) is 1. The first kappa shape index (κ1) is 18.1. The molecule has 0 amide bonds. The molecule has 0 spiro atoms. The van der Waals surface area contributed by atoms with E-state index < -0.39 is 0 Å². The predicted octanol–water partition coefficient (Wildman–Crippen LogP) is 4.70. The molecule has 0 fully saturated rings. The summed E-state index contributed by atoms with van der Waals surface area (Å²) >= 11 is 0. The normalized spacial score (nSPS) is 11.1. The zero-order valence-electron chi connectivity index (χ0n) is 16.2. The summed E-state index contributed by atoms with van der Waals surface area (Å²) in [6.45, 7) is 0.536. The van der Waals surface area contributed by atoms with Crippen molar-refractivity contribution in [2.45, 2.75) is 6.54 Å². The standard InChI is InChI=1S/C23H18FN5O/c1-30-20-12-5-2-7-16(20)14-25-22-18-10-3-4-11-19(18)29-23(26-22)21(27-28-29)15-8-6-9-17(24)13-15/h2-13H,14H2,1H3,(H,25,26). The number of anilines is 1. The summed E-state index contributed by atoms with van der Waals surface area (Å²) in [5.74, 6) is 1.18. The number of para-hydroxylation sites is 2. The van der Waals surface area contributed by atoms with E-state index in [-0.39, 0.29) is 5.82 Å². The molecule has 5 aromatic rings. The number of ether oxygens (including phenoxy) is 1. The Morgan fingerprint density at radius 1 is 1.00 bits per heavy atom. The van der Waals surface area contributed by atoms with Gasteiger partial charge in [0.05, 0.1) is 12.6 Å². The third kappa shape index (κ3) is 3.10. The Morgan fingerprint density at radius 3 is 2.70 bits per heavy atom. The Labute approximate surface area is 172 Å². The molecule has 0 radical (unpaired) electrons. The molecule has 0 aliphatic heterocycles. The van der Waals surface area contributed by atoms with Crippen molar-refractivity contribution < 1.29 is 9.13 Å². The fourth-order valence-corrected chi connectivity index (χ4v) is 3.55. The zero-order chi connectivity index (χ0) is 20.5. The van der Waals surface area contributed by atoms with Gasteiger partial charge in [0.15, 0.2) is 5.65 Å². The van der Waals surface area contributed by atoms with E-state index in [1.54, 1.807) is 23.8 Å². The van der Waals surface area contributed by atoms with Gasteiger partial charge in [-0.1, -0.05) is 47.7 Å². The van der Waals surface area contributed by atoms with Gasteiger partial charge in [0.1, 0.15) is 23.1 Å². The highest BCUT2D eigenvalue weighted by Gasteiger charge is 2.16. The highest BCUT2D eigenvalue weighted by atomic mass is 19.1. The predicted molar refractivity (Wildman–Crippen MR) is 114 cm³/mol. The lowest BCUT2D eigenvalue weighted by molar-refractivity contribution is 0.410. The molecular formula is C23H18FN5O. The topological polar surface area (TPSA) is 64.3 Å². The van der Waals surface area contributed by atoms with Crippen molar-refractivity contribution >= 4 is 22.4 Å². The first-order chi connectivity index (χ1) is 14.7. The third-order valence-corrected chi connectivity index (χ3v) is 4.99. The maximum Gasteiger partial charge on any atom is 0.186 e. The van der Waals surface area contributed by atoms with Crippen molar-refractivity contribution in [3.63, 3.8) is 0 Å². The van der Waals surface area contributed by atoms with E-state index >= 15 is 0 Å². The third-order valence-electron chi connectivity index (χ3n) is 4.99. The average Bonchev–Trinajstić information content (AvgIpc) is 3.22. The summed E-state index contributed by atoms with van der Waals surface area (Å²) in [5.41, 5.74) is 3.59. The number of halogens is 1. The van der Waals surface area contributed by atoms with E-state index in [2.05, 4.69) is 15.6 Å². The monoisotopic (exact) mass is 399 g/mol. The molecule has 2 heterocycles. The molecule has 0 atom stereocenters. The number of fused-ring (bicyclic) bond motifs is 3. The summed E-state index contributed by atoms with van der Waals surface area (Å²) in [4.78, 5) is 4.80. The van der Waals surface area contributed by atoms with E-state index in [1.165, 1.54) is 12.1 Å². The largest absolute Gasteiger partial charge is 0.496 e. The molecule has 0 saturated heterocycles. The van der Waals surface area contributed by atoms with Gasteiger partial charge in [0.25, 0.3) is 0 Å². The SMILES string of the molecule is COc1ccccc1CNc1nc2c(-c3cccc(F)c3)nnn2c2ccccc12. The van der Waals surface area contributed by atoms with Gasteiger partial charge in [0.2, 0.25) is 0 Å². The van der Waals surface area contributed by atoms with Crippen LogP contribution >= 0.6 is 0 Å². The molecule has 0 saturated carbocycles. The van der Waals surface area contributed by atoms with Crippen molar-refractivity contribution in [3.8, 4) is 17.0 Å². The lowest BCUT2D eigenvalue weighted by Gasteiger charge is -2.12. The molecule has 3 aromatic carbocycles. The molecule has 7 heteroatoms. The maximum atomic E-state index is 13.8. The van der Waals surface area contributed by atoms with Gasteiger partial charge >= 0.3 is 0 Å². The van der Waals surface area contributed by atoms with Crippen molar-refractivity contribution in [1.29, 1.82) is 0 Å². The van der Waals surface area contributed by atoms with Gasteiger partial charge < -0.3 is 10.1 Å². The maximum absolute atomic E-state index is 13.8. The van der Waals surface area contributed by atoms with Crippen LogP contribution in [0.2, 0.25) is 0 Å². The summed E-state index contributed by atoms with van der Waals surface area (Å²) in [5, 5.41) is 12.9. The lowest BCUT2D eigenvalue weighted by atomic mass is 10.1. The second-order valence-corrected chi connectivity index (χ2v) is 6.83. The number of benzene rings is 3. The second kappa shape index (κ2) is 7.44. The first-order valence-corrected chi connectivity index (χ1v) is 9.50. The van der Waals surface area contributed by atoms with Crippen LogP contribution in [0.25, 0.3) is 27.8 Å². The van der Waals surface area contributed by atoms with E-state index in [4.69, 9.17) is 9.72 Å². The van der Waals surface area contributed by atoms with Crippen LogP contribution in [0, 0.1) is 5.82 Å². The van der Waals surface area contributed by atoms with Gasteiger partial charge in [-0.25, -0.2) is 9.37 Å². The quantitative estimate of drug-likeness (QED) is 0.464. The van der Waals surface area contributed by atoms with Gasteiger partial charge in [-0.15, -0.1) is 5.10 Å². The molecule has 2 aromatic heterocycles. The minimum absolute atomic E-state index is 0.330. The number of aromatic nitrogens is 4. The van der Waals surface area contributed by atoms with Crippen LogP contribution in [-0.2, 0) is 6.54 Å². The number of nitrogens with zero attached hydrogens (tertiary/aromatic N) is 4. The molecule has 148 valence electrons. The van der Waals surface area contributed by atoms with Crippen molar-refractivity contribution in [1.82, 2.24) is 19.8 Å². The van der Waals surface area contributed by atoms with Crippen LogP contribution in [0.3, 0.4) is 0 Å². The molecule has 0 unspecified atom stereocenters. The zero-order valence-corrected chi connectivity index (χ0v) is 16.2. The molecular weight excluding hydrogens is 381 g/mol. The van der Waals surface area contributed by atoms with E-state index in [9.17, 15) is 4.39 Å². The van der Waals surface area contributed by atoms with Crippen molar-refractivity contribution in [2.24, 2.45) is 0 Å². The summed E-state index contributed by atoms with van der Waals surface area (Å²) in [6.07, 6.45) is 0. The van der Waals surface area contributed by atoms with E-state index in [0.717, 1.165) is 22.2 Å². The van der Waals surface area contributed by atoms with E-state index in [0.29, 0.717) is 29.3 Å². The minimum Gasteiger partial charge on any atom is -0.496 e. The Bertz CT molecular complexity index is 1360. The van der Waals surface area contributed by atoms with Crippen LogP contribution in [0.4, 0.5) is 10.2 Å². The molecule has 0 aliphatic carbocycles. The number of methoxy groups -OCH3 is 1. The van der Waals surface area contributed by atoms with E-state index in [1.807, 2.05) is 48.5 Å². The van der Waals surface area contributed by atoms with Crippen molar-refractivity contribution in [3.05, 3.63) is 84.2 Å². The van der Waals surface area contributed by atoms with Gasteiger partial charge in [-0.05, 0) is 30.3 Å². The van der Waals surface area contributed by atoms with Gasteiger partial charge in [0, 0.05) is 23.1 Å². The smallest absolute Gasteiger partial charge is 0.186 e. The Kier molecular flexibility index (Phi) is 4.48. The molecule has 5 rings (SSSR count). The fraction of sp³-hybridized carbons (Fsp3) is 0.0870. The van der Waals surface area contributed by atoms with Crippen LogP contribution in [0.1, 0.15) is 5.56 Å². The molecule has 6 nitrogen and oxygen atoms in total. The molecule has 0 bridgehead atoms. The Morgan fingerprint density at radius 2 is 1.83 bits per heavy atom. The summed E-state index contributed by atoms with van der Waals surface area (Å²) in [6, 6.07) is 22.0. The number of hydrogen-bond acceptors (Lipinski definition) is 5. The molecule has 1 N–H and O–H groups in total. The summed E-state index contributed by atoms with van der Waals surface area (Å²) in [7, 11) is 1.65. The highest BCUT2D eigenvalue weighted by molar-refractivity contribution is 5.93. The second-order valence-electron chi connectivity index (χ2n) is 6.83. The van der Waals surface area contributed by atoms with Crippen LogP contribution in [0.15, 0.2) is 72.8 Å². The Balaban J connectivity index is 1.64. The summed E-state index contributed by atoms with van der Waals surface area (Å²) < 4.78 is 20.9. The number of nitrogens with one attached hydrogen (secondary N) is 1. The van der Waals surface area contributed by atoms with Crippen molar-refractivity contribution in [2.75, 3.05) is 12.4 Å². The first-order valence-electron chi connectivity index (χ1n) is 9.50. The van der Waals surface area contributed by atoms with Crippen LogP contribution < -0.4 is 10.1 Å². The van der Waals surface area contributed by atoms with Crippen LogP contribution in [0.5, 0.6) is 5.75 Å². The minimum atomic E-state index is -0.330. The highest BCUT2D eigenvalue weighted by Crippen LogP contribution is 2.29. The molecule has 0 aliphatic rings. The van der Waals surface area contributed by atoms with Gasteiger partial charge in [-0.3, -0.25) is 0 Å². The average molecular weight is 399 g/mol. The molecule has 30 heavy (non-hydrogen) atoms. The number of rotatable bonds is 5.